The number of morpholine rings is 1. The van der Waals surface area contributed by atoms with E-state index in [9.17, 15) is 0 Å². The maximum Gasteiger partial charge on any atom is 0.202 e. The molecule has 2 rings (SSSR count). The fourth-order valence-corrected chi connectivity index (χ4v) is 2.71. The van der Waals surface area contributed by atoms with Gasteiger partial charge in [0.25, 0.3) is 0 Å². The summed E-state index contributed by atoms with van der Waals surface area (Å²) in [5, 5.41) is 3.21. The van der Waals surface area contributed by atoms with Crippen LogP contribution in [0.15, 0.2) is 29.0 Å². The van der Waals surface area contributed by atoms with Gasteiger partial charge in [-0.25, -0.2) is 4.99 Å². The molecule has 88 valence electrons. The lowest BCUT2D eigenvalue weighted by atomic mass is 10.3. The molecule has 1 saturated heterocycles. The number of alkyl halides is 1. The molecule has 0 aliphatic carbocycles. The van der Waals surface area contributed by atoms with Crippen molar-refractivity contribution in [3.05, 3.63) is 24.0 Å². The highest BCUT2D eigenvalue weighted by molar-refractivity contribution is 14.1. The van der Waals surface area contributed by atoms with E-state index in [0.29, 0.717) is 0 Å². The summed E-state index contributed by atoms with van der Waals surface area (Å²) in [7, 11) is 0. The van der Waals surface area contributed by atoms with Crippen molar-refractivity contribution in [1.29, 1.82) is 0 Å². The molecule has 2 aliphatic heterocycles. The van der Waals surface area contributed by atoms with Gasteiger partial charge in [0, 0.05) is 18.9 Å². The molecule has 2 atom stereocenters. The van der Waals surface area contributed by atoms with Crippen molar-refractivity contribution in [3.63, 3.8) is 0 Å². The molecule has 0 aromatic heterocycles. The molecule has 0 saturated carbocycles. The summed E-state index contributed by atoms with van der Waals surface area (Å²) >= 11 is 2.32. The van der Waals surface area contributed by atoms with E-state index < -0.39 is 0 Å². The largest absolute Gasteiger partial charge is 0.361 e. The van der Waals surface area contributed by atoms with Crippen molar-refractivity contribution >= 4 is 28.6 Å². The Balaban J connectivity index is 2.09. The molecule has 16 heavy (non-hydrogen) atoms. The van der Waals surface area contributed by atoms with Gasteiger partial charge in [-0.05, 0) is 48.1 Å². The molecule has 0 aromatic rings. The summed E-state index contributed by atoms with van der Waals surface area (Å²) in [6, 6.07) is 0. The number of nitrogens with one attached hydrogen (secondary N) is 1. The Morgan fingerprint density at radius 2 is 2.38 bits per heavy atom. The first-order chi connectivity index (χ1) is 7.65. The molecule has 0 spiro atoms. The summed E-state index contributed by atoms with van der Waals surface area (Å²) < 4.78 is 5.91. The maximum atomic E-state index is 5.69. The number of hydrogen-bond donors (Lipinski definition) is 1. The second kappa shape index (κ2) is 5.18. The molecular weight excluding hydrogens is 317 g/mol. The van der Waals surface area contributed by atoms with Crippen LogP contribution in [-0.2, 0) is 4.74 Å². The van der Waals surface area contributed by atoms with Crippen LogP contribution in [0.25, 0.3) is 0 Å². The van der Waals surface area contributed by atoms with Crippen molar-refractivity contribution in [2.75, 3.05) is 13.1 Å². The molecule has 2 aliphatic rings. The first kappa shape index (κ1) is 11.9. The average molecular weight is 333 g/mol. The lowest BCUT2D eigenvalue weighted by Crippen LogP contribution is -2.50. The molecule has 1 fully saturated rings. The molecule has 2 unspecified atom stereocenters. The highest BCUT2D eigenvalue weighted by Crippen LogP contribution is 2.16. The van der Waals surface area contributed by atoms with Crippen LogP contribution in [0.4, 0.5) is 0 Å². The SMILES string of the molecule is CC1=CN=C(N2CC(C)OC(I)C2)NC=C1. The van der Waals surface area contributed by atoms with Crippen molar-refractivity contribution < 1.29 is 4.74 Å². The number of guanidine groups is 1. The Morgan fingerprint density at radius 3 is 3.12 bits per heavy atom. The van der Waals surface area contributed by atoms with E-state index in [1.165, 1.54) is 0 Å². The Bertz CT molecular complexity index is 341. The molecule has 0 aromatic carbocycles. The summed E-state index contributed by atoms with van der Waals surface area (Å²) in [5.74, 6) is 0.907. The first-order valence-corrected chi connectivity index (χ1v) is 6.62. The van der Waals surface area contributed by atoms with Crippen molar-refractivity contribution in [3.8, 4) is 0 Å². The van der Waals surface area contributed by atoms with Gasteiger partial charge in [-0.15, -0.1) is 0 Å². The zero-order valence-electron chi connectivity index (χ0n) is 9.48. The van der Waals surface area contributed by atoms with E-state index in [4.69, 9.17) is 4.74 Å². The molecule has 1 N–H and O–H groups in total. The van der Waals surface area contributed by atoms with Gasteiger partial charge in [0.1, 0.15) is 4.11 Å². The highest BCUT2D eigenvalue weighted by atomic mass is 127. The first-order valence-electron chi connectivity index (χ1n) is 5.37. The summed E-state index contributed by atoms with van der Waals surface area (Å²) in [5.41, 5.74) is 1.15. The van der Waals surface area contributed by atoms with E-state index in [2.05, 4.69) is 44.7 Å². The zero-order valence-corrected chi connectivity index (χ0v) is 11.6. The van der Waals surface area contributed by atoms with Gasteiger partial charge in [0.2, 0.25) is 5.96 Å². The third kappa shape index (κ3) is 2.98. The fraction of sp³-hybridized carbons (Fsp3) is 0.545. The molecule has 2 heterocycles. The lowest BCUT2D eigenvalue weighted by molar-refractivity contribution is -0.00584. The minimum atomic E-state index is 0.225. The van der Waals surface area contributed by atoms with Crippen LogP contribution in [0, 0.1) is 0 Å². The number of allylic oxidation sites excluding steroid dienone is 2. The molecule has 0 radical (unpaired) electrons. The zero-order chi connectivity index (χ0) is 11.5. The minimum absolute atomic E-state index is 0.225. The minimum Gasteiger partial charge on any atom is -0.361 e. The van der Waals surface area contributed by atoms with Gasteiger partial charge in [0.15, 0.2) is 0 Å². The summed E-state index contributed by atoms with van der Waals surface area (Å²) in [6.07, 6.45) is 6.08. The van der Waals surface area contributed by atoms with Gasteiger partial charge in [-0.1, -0.05) is 0 Å². The number of rotatable bonds is 0. The second-order valence-corrected chi connectivity index (χ2v) is 5.45. The number of aliphatic imine (C=N–C) groups is 1. The molecule has 0 bridgehead atoms. The number of nitrogens with zero attached hydrogens (tertiary/aromatic N) is 2. The van der Waals surface area contributed by atoms with Crippen LogP contribution in [-0.4, -0.2) is 34.2 Å². The van der Waals surface area contributed by atoms with E-state index in [1.807, 2.05) is 25.4 Å². The second-order valence-electron chi connectivity index (χ2n) is 4.07. The topological polar surface area (TPSA) is 36.9 Å². The standard InChI is InChI=1S/C11H16IN3O/c1-8-3-4-13-11(14-5-8)15-6-9(2)16-10(12)7-15/h3-5,9-10H,6-7H2,1-2H3,(H,13,14). The molecule has 0 amide bonds. The normalized spacial score (nSPS) is 30.3. The average Bonchev–Trinajstić information content (AvgIpc) is 2.41. The predicted molar refractivity (Wildman–Crippen MR) is 73.4 cm³/mol. The smallest absolute Gasteiger partial charge is 0.202 e. The Labute approximate surface area is 110 Å². The molecule has 5 heteroatoms. The number of halogens is 1. The van der Waals surface area contributed by atoms with Gasteiger partial charge in [-0.3, -0.25) is 0 Å². The molecular formula is C11H16IN3O. The van der Waals surface area contributed by atoms with E-state index in [-0.39, 0.29) is 10.2 Å². The Hall–Kier alpha value is -0.560. The Kier molecular flexibility index (Phi) is 3.86. The number of hydrogen-bond acceptors (Lipinski definition) is 4. The third-order valence-corrected chi connectivity index (χ3v) is 3.16. The predicted octanol–water partition coefficient (Wildman–Crippen LogP) is 1.84. The van der Waals surface area contributed by atoms with Crippen molar-refractivity contribution in [2.24, 2.45) is 4.99 Å². The van der Waals surface area contributed by atoms with Crippen LogP contribution in [0.1, 0.15) is 13.8 Å². The van der Waals surface area contributed by atoms with Crippen LogP contribution in [0.2, 0.25) is 0 Å². The van der Waals surface area contributed by atoms with E-state index in [1.54, 1.807) is 0 Å². The van der Waals surface area contributed by atoms with Gasteiger partial charge >= 0.3 is 0 Å². The summed E-state index contributed by atoms with van der Waals surface area (Å²) in [4.78, 5) is 6.67. The van der Waals surface area contributed by atoms with Crippen molar-refractivity contribution in [1.82, 2.24) is 10.2 Å². The van der Waals surface area contributed by atoms with Gasteiger partial charge in [-0.2, -0.15) is 0 Å². The van der Waals surface area contributed by atoms with Gasteiger partial charge < -0.3 is 15.0 Å². The van der Waals surface area contributed by atoms with Crippen LogP contribution in [0.3, 0.4) is 0 Å². The van der Waals surface area contributed by atoms with Crippen molar-refractivity contribution in [2.45, 2.75) is 24.1 Å². The quantitative estimate of drug-likeness (QED) is 0.543. The number of ether oxygens (including phenoxy) is 1. The van der Waals surface area contributed by atoms with Crippen LogP contribution < -0.4 is 5.32 Å². The Morgan fingerprint density at radius 1 is 1.56 bits per heavy atom. The fourth-order valence-electron chi connectivity index (χ4n) is 1.73. The van der Waals surface area contributed by atoms with Gasteiger partial charge in [0.05, 0.1) is 12.6 Å². The maximum absolute atomic E-state index is 5.69. The van der Waals surface area contributed by atoms with E-state index in [0.717, 1.165) is 24.6 Å². The summed E-state index contributed by atoms with van der Waals surface area (Å²) in [6.45, 7) is 5.88. The highest BCUT2D eigenvalue weighted by Gasteiger charge is 2.25. The lowest BCUT2D eigenvalue weighted by Gasteiger charge is -2.35. The molecule has 4 nitrogen and oxygen atoms in total. The van der Waals surface area contributed by atoms with E-state index >= 15 is 0 Å². The monoisotopic (exact) mass is 333 g/mol. The third-order valence-electron chi connectivity index (χ3n) is 2.47. The van der Waals surface area contributed by atoms with Crippen LogP contribution in [0.5, 0.6) is 0 Å². The van der Waals surface area contributed by atoms with Crippen LogP contribution >= 0.6 is 22.6 Å².